The van der Waals surface area contributed by atoms with Crippen molar-refractivity contribution < 1.29 is 13.2 Å². The van der Waals surface area contributed by atoms with E-state index in [2.05, 4.69) is 63.6 Å². The van der Waals surface area contributed by atoms with Crippen LogP contribution in [0, 0.1) is 0 Å². The zero-order valence-corrected chi connectivity index (χ0v) is 28.0. The molecule has 2 aromatic carbocycles. The van der Waals surface area contributed by atoms with Crippen LogP contribution in [0.15, 0.2) is 53.7 Å². The van der Waals surface area contributed by atoms with Gasteiger partial charge in [-0.1, -0.05) is 24.3 Å². The first kappa shape index (κ1) is 32.3. The number of piperidine rings is 1. The highest BCUT2D eigenvalue weighted by molar-refractivity contribution is 7.92. The molecule has 5 rings (SSSR count). The van der Waals surface area contributed by atoms with Gasteiger partial charge in [-0.25, -0.2) is 23.4 Å². The SMILES string of the molecule is COc1cc(N2CCC(N3CCN(C(C)(C)C)CC3)CC2)ccc1Cc1ncnc(Cc2ccccc2S(=O)(=O)C(C)C)n1. The maximum absolute atomic E-state index is 12.9. The van der Waals surface area contributed by atoms with Crippen LogP contribution in [-0.4, -0.2) is 96.4 Å². The summed E-state index contributed by atoms with van der Waals surface area (Å²) in [6, 6.07) is 14.2. The summed E-state index contributed by atoms with van der Waals surface area (Å²) in [6.07, 6.45) is 4.66. The van der Waals surface area contributed by atoms with Gasteiger partial charge in [0.05, 0.1) is 17.3 Å². The maximum atomic E-state index is 12.9. The fraction of sp³-hybridized carbons (Fsp3) is 0.559. The second-order valence-electron chi connectivity index (χ2n) is 13.3. The number of hydrogen-bond acceptors (Lipinski definition) is 9. The Bertz CT molecular complexity index is 1520. The lowest BCUT2D eigenvalue weighted by Crippen LogP contribution is -2.57. The summed E-state index contributed by atoms with van der Waals surface area (Å²) < 4.78 is 31.7. The highest BCUT2D eigenvalue weighted by Gasteiger charge is 2.31. The second-order valence-corrected chi connectivity index (χ2v) is 15.8. The third kappa shape index (κ3) is 7.41. The number of methoxy groups -OCH3 is 1. The number of benzene rings is 2. The fourth-order valence-electron chi connectivity index (χ4n) is 6.38. The van der Waals surface area contributed by atoms with E-state index in [0.29, 0.717) is 41.0 Å². The molecule has 1 aromatic heterocycles. The molecule has 2 aliphatic heterocycles. The van der Waals surface area contributed by atoms with Crippen molar-refractivity contribution in [3.8, 4) is 5.75 Å². The minimum atomic E-state index is -3.42. The van der Waals surface area contributed by atoms with Gasteiger partial charge in [-0.15, -0.1) is 0 Å². The molecule has 2 fully saturated rings. The number of hydrogen-bond donors (Lipinski definition) is 0. The standard InChI is InChI=1S/C34H48N6O3S/c1-25(2)44(41,42)31-10-8-7-9-27(31)22-33-36-24-35-32(37-33)21-26-11-12-29(23-30(26)43-6)38-15-13-28(14-16-38)39-17-19-40(20-18-39)34(3,4)5/h7-12,23-25,28H,13-22H2,1-6H3. The van der Waals surface area contributed by atoms with E-state index in [1.165, 1.54) is 24.9 Å². The summed E-state index contributed by atoms with van der Waals surface area (Å²) >= 11 is 0. The van der Waals surface area contributed by atoms with Crippen LogP contribution in [0.2, 0.25) is 0 Å². The van der Waals surface area contributed by atoms with Crippen molar-refractivity contribution in [2.24, 2.45) is 0 Å². The molecule has 0 radical (unpaired) electrons. The van der Waals surface area contributed by atoms with Crippen molar-refractivity contribution in [2.75, 3.05) is 51.3 Å². The first-order valence-electron chi connectivity index (χ1n) is 15.8. The Morgan fingerprint density at radius 1 is 0.886 bits per heavy atom. The van der Waals surface area contributed by atoms with Gasteiger partial charge >= 0.3 is 0 Å². The third-order valence-corrected chi connectivity index (χ3v) is 11.4. The van der Waals surface area contributed by atoms with Crippen molar-refractivity contribution in [1.29, 1.82) is 0 Å². The molecule has 2 aliphatic rings. The van der Waals surface area contributed by atoms with Crippen LogP contribution in [0.1, 0.15) is 70.2 Å². The van der Waals surface area contributed by atoms with Gasteiger partial charge in [0.15, 0.2) is 9.84 Å². The van der Waals surface area contributed by atoms with Crippen LogP contribution in [0.3, 0.4) is 0 Å². The van der Waals surface area contributed by atoms with Crippen LogP contribution in [0.4, 0.5) is 5.69 Å². The Morgan fingerprint density at radius 2 is 1.52 bits per heavy atom. The summed E-state index contributed by atoms with van der Waals surface area (Å²) in [4.78, 5) is 21.6. The molecule has 0 N–H and O–H groups in total. The van der Waals surface area contributed by atoms with E-state index < -0.39 is 15.1 Å². The largest absolute Gasteiger partial charge is 0.496 e. The van der Waals surface area contributed by atoms with E-state index in [9.17, 15) is 8.42 Å². The Morgan fingerprint density at radius 3 is 2.14 bits per heavy atom. The van der Waals surface area contributed by atoms with Gasteiger partial charge in [0, 0.05) is 81.0 Å². The Hall–Kier alpha value is -3.08. The van der Waals surface area contributed by atoms with Gasteiger partial charge < -0.3 is 9.64 Å². The molecule has 0 atom stereocenters. The Kier molecular flexibility index (Phi) is 9.92. The average molecular weight is 621 g/mol. The van der Waals surface area contributed by atoms with Gasteiger partial charge in [-0.3, -0.25) is 9.80 Å². The number of aromatic nitrogens is 3. The molecule has 9 nitrogen and oxygen atoms in total. The van der Waals surface area contributed by atoms with Gasteiger partial charge in [0.25, 0.3) is 0 Å². The summed E-state index contributed by atoms with van der Waals surface area (Å²) in [5, 5.41) is -0.506. The van der Waals surface area contributed by atoms with E-state index in [1.807, 2.05) is 12.1 Å². The zero-order valence-electron chi connectivity index (χ0n) is 27.2. The monoisotopic (exact) mass is 620 g/mol. The number of ether oxygens (including phenoxy) is 1. The van der Waals surface area contributed by atoms with E-state index >= 15 is 0 Å². The third-order valence-electron chi connectivity index (χ3n) is 9.15. The van der Waals surface area contributed by atoms with Crippen molar-refractivity contribution in [3.63, 3.8) is 0 Å². The number of nitrogens with zero attached hydrogens (tertiary/aromatic N) is 6. The van der Waals surface area contributed by atoms with E-state index in [1.54, 1.807) is 33.1 Å². The molecule has 3 heterocycles. The predicted octanol–water partition coefficient (Wildman–Crippen LogP) is 4.63. The normalized spacial score (nSPS) is 17.8. The molecule has 0 spiro atoms. The van der Waals surface area contributed by atoms with Crippen LogP contribution < -0.4 is 9.64 Å². The molecule has 0 amide bonds. The van der Waals surface area contributed by atoms with Gasteiger partial charge in [-0.2, -0.15) is 0 Å². The van der Waals surface area contributed by atoms with Crippen molar-refractivity contribution in [1.82, 2.24) is 24.8 Å². The molecule has 0 bridgehead atoms. The molecule has 3 aromatic rings. The van der Waals surface area contributed by atoms with Crippen molar-refractivity contribution in [2.45, 2.75) is 82.0 Å². The summed E-state index contributed by atoms with van der Waals surface area (Å²) in [7, 11) is -1.72. The molecule has 10 heteroatoms. The first-order chi connectivity index (χ1) is 21.0. The average Bonchev–Trinajstić information content (AvgIpc) is 3.01. The molecule has 2 saturated heterocycles. The van der Waals surface area contributed by atoms with E-state index in [4.69, 9.17) is 9.72 Å². The first-order valence-corrected chi connectivity index (χ1v) is 17.4. The van der Waals surface area contributed by atoms with E-state index in [-0.39, 0.29) is 5.54 Å². The van der Waals surface area contributed by atoms with Crippen LogP contribution >= 0.6 is 0 Å². The minimum Gasteiger partial charge on any atom is -0.496 e. The summed E-state index contributed by atoms with van der Waals surface area (Å²) in [5.41, 5.74) is 3.12. The lowest BCUT2D eigenvalue weighted by molar-refractivity contribution is 0.0364. The van der Waals surface area contributed by atoms with Crippen LogP contribution in [-0.2, 0) is 22.7 Å². The topological polar surface area (TPSA) is 91.8 Å². The lowest BCUT2D eigenvalue weighted by atomic mass is 9.99. The molecular weight excluding hydrogens is 572 g/mol. The van der Waals surface area contributed by atoms with Gasteiger partial charge in [0.1, 0.15) is 23.7 Å². The predicted molar refractivity (Wildman–Crippen MR) is 175 cm³/mol. The summed E-state index contributed by atoms with van der Waals surface area (Å²) in [6.45, 7) is 17.0. The smallest absolute Gasteiger partial charge is 0.180 e. The highest BCUT2D eigenvalue weighted by atomic mass is 32.2. The Labute approximate surface area is 263 Å². The highest BCUT2D eigenvalue weighted by Crippen LogP contribution is 2.30. The summed E-state index contributed by atoms with van der Waals surface area (Å²) in [5.74, 6) is 1.98. The van der Waals surface area contributed by atoms with Crippen LogP contribution in [0.5, 0.6) is 5.75 Å². The molecular formula is C34H48N6O3S. The minimum absolute atomic E-state index is 0.247. The Balaban J connectivity index is 1.22. The molecule has 238 valence electrons. The fourth-order valence-corrected chi connectivity index (χ4v) is 7.67. The van der Waals surface area contributed by atoms with Crippen LogP contribution in [0.25, 0.3) is 0 Å². The van der Waals surface area contributed by atoms with Gasteiger partial charge in [0.2, 0.25) is 0 Å². The quantitative estimate of drug-likeness (QED) is 0.340. The molecule has 0 unspecified atom stereocenters. The molecule has 44 heavy (non-hydrogen) atoms. The van der Waals surface area contributed by atoms with E-state index in [0.717, 1.165) is 50.6 Å². The zero-order chi connectivity index (χ0) is 31.5. The number of anilines is 1. The van der Waals surface area contributed by atoms with Gasteiger partial charge in [-0.05, 0) is 65.2 Å². The van der Waals surface area contributed by atoms with Crippen molar-refractivity contribution >= 4 is 15.5 Å². The number of rotatable bonds is 9. The number of piperazine rings is 1. The van der Waals surface area contributed by atoms with Crippen molar-refractivity contribution in [3.05, 3.63) is 71.6 Å². The lowest BCUT2D eigenvalue weighted by Gasteiger charge is -2.46. The molecule has 0 saturated carbocycles. The molecule has 0 aliphatic carbocycles. The number of sulfone groups is 1. The second kappa shape index (κ2) is 13.5. The maximum Gasteiger partial charge on any atom is 0.180 e.